The van der Waals surface area contributed by atoms with Crippen molar-refractivity contribution in [3.05, 3.63) is 364 Å². The highest BCUT2D eigenvalue weighted by Crippen LogP contribution is 2.47. The fourth-order valence-electron chi connectivity index (χ4n) is 14.4. The number of furan rings is 2. The number of aromatic nitrogens is 6. The number of nitrogens with zero attached hydrogens (tertiary/aromatic N) is 8. The van der Waals surface area contributed by atoms with Gasteiger partial charge in [0.1, 0.15) is 22.3 Å². The second-order valence-corrected chi connectivity index (χ2v) is 25.7. The van der Waals surface area contributed by atoms with E-state index in [1.807, 2.05) is 109 Å². The number of anilines is 6. The van der Waals surface area contributed by atoms with E-state index in [2.05, 4.69) is 265 Å². The van der Waals surface area contributed by atoms with E-state index in [-0.39, 0.29) is 0 Å². The maximum absolute atomic E-state index is 7.12. The molecule has 0 aliphatic carbocycles. The Labute approximate surface area is 599 Å². The van der Waals surface area contributed by atoms with E-state index < -0.39 is 0 Å². The van der Waals surface area contributed by atoms with Crippen LogP contribution in [0.25, 0.3) is 156 Å². The molecular weight excluding hydrogens is 1270 g/mol. The third-order valence-corrected chi connectivity index (χ3v) is 19.4. The lowest BCUT2D eigenvalue weighted by molar-refractivity contribution is 0.668. The first-order valence-electron chi connectivity index (χ1n) is 34.7. The van der Waals surface area contributed by atoms with Crippen molar-refractivity contribution in [2.75, 3.05) is 9.80 Å². The highest BCUT2D eigenvalue weighted by Gasteiger charge is 2.25. The van der Waals surface area contributed by atoms with E-state index >= 15 is 0 Å². The van der Waals surface area contributed by atoms with Crippen LogP contribution in [0.1, 0.15) is 0 Å². The average molecular weight is 1330 g/mol. The predicted molar refractivity (Wildman–Crippen MR) is 424 cm³/mol. The molecular formula is C94H60N8O2. The lowest BCUT2D eigenvalue weighted by Gasteiger charge is -2.28. The van der Waals surface area contributed by atoms with Gasteiger partial charge in [0.2, 0.25) is 0 Å². The average Bonchev–Trinajstić information content (AvgIpc) is 1.49. The van der Waals surface area contributed by atoms with Gasteiger partial charge < -0.3 is 18.6 Å². The Morgan fingerprint density at radius 2 is 0.587 bits per heavy atom. The highest BCUT2D eigenvalue weighted by molar-refractivity contribution is 6.15. The van der Waals surface area contributed by atoms with Crippen molar-refractivity contribution in [3.63, 3.8) is 0 Å². The largest absolute Gasteiger partial charge is 0.456 e. The molecule has 104 heavy (non-hydrogen) atoms. The second kappa shape index (κ2) is 26.1. The zero-order chi connectivity index (χ0) is 68.9. The monoisotopic (exact) mass is 1330 g/mol. The predicted octanol–water partition coefficient (Wildman–Crippen LogP) is 25.0. The maximum atomic E-state index is 7.12. The van der Waals surface area contributed by atoms with Gasteiger partial charge in [-0.2, -0.15) is 0 Å². The second-order valence-electron chi connectivity index (χ2n) is 25.7. The molecule has 19 aromatic rings. The summed E-state index contributed by atoms with van der Waals surface area (Å²) in [7, 11) is 0. The minimum atomic E-state index is 0.527. The van der Waals surface area contributed by atoms with Gasteiger partial charge in [-0.1, -0.05) is 261 Å². The molecule has 0 amide bonds. The van der Waals surface area contributed by atoms with Crippen LogP contribution in [0.3, 0.4) is 0 Å². The van der Waals surface area contributed by atoms with Gasteiger partial charge in [0.25, 0.3) is 0 Å². The minimum Gasteiger partial charge on any atom is -0.456 e. The van der Waals surface area contributed by atoms with Crippen LogP contribution >= 0.6 is 0 Å². The Hall–Kier alpha value is -14.2. The molecule has 10 heteroatoms. The summed E-state index contributed by atoms with van der Waals surface area (Å²) in [5, 5.41) is 5.88. The van der Waals surface area contributed by atoms with Crippen LogP contribution in [0.15, 0.2) is 373 Å². The maximum Gasteiger partial charge on any atom is 0.164 e. The molecule has 19 rings (SSSR count). The normalized spacial score (nSPS) is 11.5. The van der Waals surface area contributed by atoms with Crippen LogP contribution in [0.5, 0.6) is 0 Å². The summed E-state index contributed by atoms with van der Waals surface area (Å²) < 4.78 is 14.0. The number of rotatable bonds is 15. The summed E-state index contributed by atoms with van der Waals surface area (Å²) >= 11 is 0. The molecule has 15 aromatic carbocycles. The number of para-hydroxylation sites is 3. The first kappa shape index (κ1) is 60.9. The minimum absolute atomic E-state index is 0.527. The van der Waals surface area contributed by atoms with Gasteiger partial charge in [0, 0.05) is 95.0 Å². The van der Waals surface area contributed by atoms with E-state index in [0.717, 1.165) is 150 Å². The van der Waals surface area contributed by atoms with E-state index in [0.29, 0.717) is 40.5 Å². The quantitative estimate of drug-likeness (QED) is 0.0984. The molecule has 0 atom stereocenters. The molecule has 4 heterocycles. The Morgan fingerprint density at radius 3 is 1.22 bits per heavy atom. The summed E-state index contributed by atoms with van der Waals surface area (Å²) in [6, 6.07) is 126. The van der Waals surface area contributed by atoms with Crippen LogP contribution in [-0.4, -0.2) is 29.9 Å². The van der Waals surface area contributed by atoms with Crippen molar-refractivity contribution >= 4 is 88.8 Å². The molecule has 0 spiro atoms. The van der Waals surface area contributed by atoms with Crippen molar-refractivity contribution in [1.29, 1.82) is 0 Å². The molecule has 0 bridgehead atoms. The number of fused-ring (bicyclic) bond motifs is 7. The van der Waals surface area contributed by atoms with Crippen LogP contribution in [0.2, 0.25) is 0 Å². The summed E-state index contributed by atoms with van der Waals surface area (Å²) in [6.45, 7) is 0. The van der Waals surface area contributed by atoms with E-state index in [1.54, 1.807) is 0 Å². The lowest BCUT2D eigenvalue weighted by atomic mass is 9.97. The van der Waals surface area contributed by atoms with Gasteiger partial charge in [-0.25, -0.2) is 29.9 Å². The van der Waals surface area contributed by atoms with Crippen molar-refractivity contribution in [1.82, 2.24) is 29.9 Å². The molecule has 4 aromatic heterocycles. The summed E-state index contributed by atoms with van der Waals surface area (Å²) in [6.07, 6.45) is 0. The van der Waals surface area contributed by atoms with Gasteiger partial charge in [-0.15, -0.1) is 0 Å². The molecule has 0 aliphatic heterocycles. The summed E-state index contributed by atoms with van der Waals surface area (Å²) in [5.74, 6) is 3.40. The fraction of sp³-hybridized carbons (Fsp3) is 0. The van der Waals surface area contributed by atoms with Crippen molar-refractivity contribution in [2.24, 2.45) is 0 Å². The molecule has 0 unspecified atom stereocenters. The highest BCUT2D eigenvalue weighted by atomic mass is 16.3. The van der Waals surface area contributed by atoms with Crippen molar-refractivity contribution < 1.29 is 8.83 Å². The zero-order valence-electron chi connectivity index (χ0n) is 56.0. The van der Waals surface area contributed by atoms with Crippen molar-refractivity contribution in [3.8, 4) is 102 Å². The number of hydrogen-bond donors (Lipinski definition) is 0. The molecule has 10 nitrogen and oxygen atoms in total. The van der Waals surface area contributed by atoms with Crippen molar-refractivity contribution in [2.45, 2.75) is 0 Å². The number of hydrogen-bond acceptors (Lipinski definition) is 10. The Morgan fingerprint density at radius 1 is 0.192 bits per heavy atom. The fourth-order valence-corrected chi connectivity index (χ4v) is 14.4. The van der Waals surface area contributed by atoms with Gasteiger partial charge in [0.05, 0.1) is 5.69 Å². The van der Waals surface area contributed by atoms with Crippen LogP contribution in [0, 0.1) is 0 Å². The molecule has 488 valence electrons. The first-order chi connectivity index (χ1) is 51.5. The van der Waals surface area contributed by atoms with Crippen LogP contribution in [-0.2, 0) is 0 Å². The van der Waals surface area contributed by atoms with Crippen LogP contribution < -0.4 is 9.80 Å². The summed E-state index contributed by atoms with van der Waals surface area (Å²) in [4.78, 5) is 36.0. The molecule has 0 radical (unpaired) electrons. The Balaban J connectivity index is 0.712. The summed E-state index contributed by atoms with van der Waals surface area (Å²) in [5.41, 5.74) is 20.4. The number of benzene rings is 15. The topological polar surface area (TPSA) is 110 Å². The van der Waals surface area contributed by atoms with Gasteiger partial charge in [-0.3, -0.25) is 0 Å². The third kappa shape index (κ3) is 11.3. The lowest BCUT2D eigenvalue weighted by Crippen LogP contribution is -2.11. The molecule has 0 saturated heterocycles. The van der Waals surface area contributed by atoms with Gasteiger partial charge in [-0.05, 0) is 136 Å². The van der Waals surface area contributed by atoms with Crippen LogP contribution in [0.4, 0.5) is 34.1 Å². The van der Waals surface area contributed by atoms with E-state index in [4.69, 9.17) is 38.7 Å². The standard InChI is InChI=1S/C94H60N8O2/c1-7-25-64(26-8-1)76-40-21-22-43-82(76)102(71-37-17-6-18-38-71)73-52-45-61(46-53-73)68-49-55-78-84(58-68)104-86-59-69(57-81(88(78)86)94-98-89(65-28-9-2-10-29-65)95-90(99-94)66-30-11-3-12-31-66)62-47-50-72(51-48-62)101(70-35-15-5-16-36-70)74-54-56-79-85(60-74)103-83-44-24-42-80(87(79)83)93-97-91(67-32-13-4-14-33-67)96-92(100-93)77-41-23-34-63-27-19-20-39-75(63)77/h1-60H. The molecule has 0 saturated carbocycles. The van der Waals surface area contributed by atoms with E-state index in [1.165, 1.54) is 0 Å². The Bertz CT molecular complexity index is 6330. The van der Waals surface area contributed by atoms with Gasteiger partial charge >= 0.3 is 0 Å². The first-order valence-corrected chi connectivity index (χ1v) is 34.7. The third-order valence-electron chi connectivity index (χ3n) is 19.4. The molecule has 0 fully saturated rings. The zero-order valence-corrected chi connectivity index (χ0v) is 56.0. The Kier molecular flexibility index (Phi) is 15.3. The molecule has 0 N–H and O–H groups in total. The van der Waals surface area contributed by atoms with E-state index in [9.17, 15) is 0 Å². The van der Waals surface area contributed by atoms with Gasteiger partial charge in [0.15, 0.2) is 34.9 Å². The SMILES string of the molecule is c1ccc(-c2nc(-c3ccccc3)nc(-c3cc(-c4ccc(N(c5ccccc5)c5ccc6c(c5)oc5cccc(-c7nc(-c8ccccc8)nc(-c8cccc9ccccc89)n7)c56)cc4)cc4oc5cc(-c6ccc(N(c7ccccc7)c7ccccc7-c7ccccc7)cc6)ccc5c34)n2)cc1. The molecule has 0 aliphatic rings. The smallest absolute Gasteiger partial charge is 0.164 e.